The molecule has 3 rings (SSSR count). The average molecular weight is 304 g/mol. The number of benzene rings is 2. The van der Waals surface area contributed by atoms with E-state index in [1.54, 1.807) is 12.1 Å². The van der Waals surface area contributed by atoms with E-state index in [2.05, 4.69) is 10.3 Å². The van der Waals surface area contributed by atoms with Gasteiger partial charge in [0.2, 0.25) is 0 Å². The third-order valence-corrected chi connectivity index (χ3v) is 4.04. The highest BCUT2D eigenvalue weighted by molar-refractivity contribution is 7.99. The summed E-state index contributed by atoms with van der Waals surface area (Å²) in [6.07, 6.45) is 1.94. The van der Waals surface area contributed by atoms with E-state index in [1.807, 2.05) is 42.6 Å². The van der Waals surface area contributed by atoms with Crippen LogP contribution in [0, 0.1) is 0 Å². The fourth-order valence-electron chi connectivity index (χ4n) is 2.28. The number of nitrogens with one attached hydrogen (secondary N) is 2. The van der Waals surface area contributed by atoms with Gasteiger partial charge in [-0.2, -0.15) is 8.78 Å². The minimum Gasteiger partial charge on any atom is -0.380 e. The number of anilines is 1. The molecule has 5 heteroatoms. The number of alkyl halides is 2. The van der Waals surface area contributed by atoms with Crippen LogP contribution in [0.4, 0.5) is 14.5 Å². The summed E-state index contributed by atoms with van der Waals surface area (Å²) in [6, 6.07) is 15.1. The maximum atomic E-state index is 12.6. The second kappa shape index (κ2) is 6.18. The van der Waals surface area contributed by atoms with Crippen molar-refractivity contribution in [2.45, 2.75) is 17.2 Å². The Morgan fingerprint density at radius 1 is 1.05 bits per heavy atom. The highest BCUT2D eigenvalue weighted by atomic mass is 32.2. The van der Waals surface area contributed by atoms with Crippen molar-refractivity contribution in [1.82, 2.24) is 4.98 Å². The van der Waals surface area contributed by atoms with Crippen LogP contribution in [-0.2, 0) is 6.54 Å². The Balaban J connectivity index is 1.79. The first-order valence-electron chi connectivity index (χ1n) is 6.57. The van der Waals surface area contributed by atoms with Crippen LogP contribution >= 0.6 is 11.8 Å². The second-order valence-corrected chi connectivity index (χ2v) is 5.62. The third kappa shape index (κ3) is 3.19. The largest absolute Gasteiger partial charge is 0.380 e. The summed E-state index contributed by atoms with van der Waals surface area (Å²) in [4.78, 5) is 3.77. The number of halogens is 2. The number of H-pyrrole nitrogens is 1. The van der Waals surface area contributed by atoms with Crippen molar-refractivity contribution in [3.05, 3.63) is 60.3 Å². The van der Waals surface area contributed by atoms with E-state index < -0.39 is 5.76 Å². The lowest BCUT2D eigenvalue weighted by atomic mass is 10.2. The van der Waals surface area contributed by atoms with Crippen LogP contribution in [0.2, 0.25) is 0 Å². The van der Waals surface area contributed by atoms with Crippen LogP contribution in [0.3, 0.4) is 0 Å². The van der Waals surface area contributed by atoms with Crippen molar-refractivity contribution in [2.24, 2.45) is 0 Å². The van der Waals surface area contributed by atoms with Crippen LogP contribution in [0.5, 0.6) is 0 Å². The lowest BCUT2D eigenvalue weighted by Crippen LogP contribution is -2.00. The van der Waals surface area contributed by atoms with Crippen molar-refractivity contribution in [3.8, 4) is 0 Å². The van der Waals surface area contributed by atoms with Gasteiger partial charge in [0.1, 0.15) is 0 Å². The van der Waals surface area contributed by atoms with Crippen LogP contribution < -0.4 is 5.32 Å². The van der Waals surface area contributed by atoms with Crippen LogP contribution in [0.15, 0.2) is 59.6 Å². The van der Waals surface area contributed by atoms with Gasteiger partial charge in [-0.3, -0.25) is 0 Å². The fraction of sp³-hybridized carbons (Fsp3) is 0.125. The molecule has 3 aromatic rings. The lowest BCUT2D eigenvalue weighted by Gasteiger charge is -2.11. The maximum absolute atomic E-state index is 12.6. The van der Waals surface area contributed by atoms with Crippen molar-refractivity contribution < 1.29 is 8.78 Å². The molecule has 2 aromatic carbocycles. The van der Waals surface area contributed by atoms with Gasteiger partial charge in [-0.1, -0.05) is 42.1 Å². The second-order valence-electron chi connectivity index (χ2n) is 4.59. The Morgan fingerprint density at radius 2 is 1.81 bits per heavy atom. The molecule has 0 atom stereocenters. The quantitative estimate of drug-likeness (QED) is 0.642. The summed E-state index contributed by atoms with van der Waals surface area (Å²) in [6.45, 7) is 0.588. The smallest absolute Gasteiger partial charge is 0.288 e. The van der Waals surface area contributed by atoms with Crippen molar-refractivity contribution >= 4 is 28.4 Å². The normalized spacial score (nSPS) is 11.2. The molecular formula is C16H14F2N2S. The molecule has 0 fully saturated rings. The summed E-state index contributed by atoms with van der Waals surface area (Å²) in [7, 11) is 0. The van der Waals surface area contributed by atoms with Crippen LogP contribution in [-0.4, -0.2) is 10.7 Å². The fourth-order valence-corrected chi connectivity index (χ4v) is 2.90. The molecular weight excluding hydrogens is 290 g/mol. The summed E-state index contributed by atoms with van der Waals surface area (Å²) in [5.74, 6) is -2.42. The monoisotopic (exact) mass is 304 g/mol. The number of fused-ring (bicyclic) bond motifs is 1. The average Bonchev–Trinajstić information content (AvgIpc) is 2.89. The number of thioether (sulfide) groups is 1. The Morgan fingerprint density at radius 3 is 2.67 bits per heavy atom. The number of hydrogen-bond acceptors (Lipinski definition) is 2. The first kappa shape index (κ1) is 13.9. The molecule has 1 heterocycles. The minimum absolute atomic E-state index is 0.562. The summed E-state index contributed by atoms with van der Waals surface area (Å²) in [5, 5.41) is 4.38. The number of aromatic amines is 1. The zero-order valence-electron chi connectivity index (χ0n) is 11.1. The molecule has 108 valence electrons. The molecule has 21 heavy (non-hydrogen) atoms. The number of aromatic nitrogens is 1. The summed E-state index contributed by atoms with van der Waals surface area (Å²) >= 11 is 0.562. The first-order valence-corrected chi connectivity index (χ1v) is 7.45. The van der Waals surface area contributed by atoms with Crippen molar-refractivity contribution in [1.29, 1.82) is 0 Å². The SMILES string of the molecule is FC(F)Sc1ccccc1NCc1c[nH]c2ccccc12. The van der Waals surface area contributed by atoms with E-state index in [4.69, 9.17) is 0 Å². The molecule has 0 radical (unpaired) electrons. The van der Waals surface area contributed by atoms with Gasteiger partial charge >= 0.3 is 0 Å². The molecule has 2 nitrogen and oxygen atoms in total. The topological polar surface area (TPSA) is 27.8 Å². The van der Waals surface area contributed by atoms with Crippen molar-refractivity contribution in [2.75, 3.05) is 5.32 Å². The molecule has 2 N–H and O–H groups in total. The van der Waals surface area contributed by atoms with Gasteiger partial charge in [0.05, 0.1) is 0 Å². The molecule has 0 unspecified atom stereocenters. The molecule has 0 aliphatic carbocycles. The molecule has 0 amide bonds. The standard InChI is InChI=1S/C16H14F2N2S/c17-16(18)21-15-8-4-3-7-14(15)20-10-11-9-19-13-6-2-1-5-12(11)13/h1-9,16,19-20H,10H2. The number of para-hydroxylation sites is 2. The zero-order valence-corrected chi connectivity index (χ0v) is 12.0. The number of rotatable bonds is 5. The molecule has 0 bridgehead atoms. The van der Waals surface area contributed by atoms with E-state index in [-0.39, 0.29) is 0 Å². The maximum Gasteiger partial charge on any atom is 0.288 e. The van der Waals surface area contributed by atoms with Gasteiger partial charge in [0, 0.05) is 34.2 Å². The van der Waals surface area contributed by atoms with E-state index in [9.17, 15) is 8.78 Å². The Hall–Kier alpha value is -2.01. The predicted molar refractivity (Wildman–Crippen MR) is 83.9 cm³/mol. The molecule has 0 aliphatic heterocycles. The van der Waals surface area contributed by atoms with Crippen molar-refractivity contribution in [3.63, 3.8) is 0 Å². The van der Waals surface area contributed by atoms with Gasteiger partial charge in [-0.05, 0) is 23.8 Å². The molecule has 0 saturated heterocycles. The van der Waals surface area contributed by atoms with E-state index in [0.29, 0.717) is 23.2 Å². The van der Waals surface area contributed by atoms with Gasteiger partial charge in [0.25, 0.3) is 5.76 Å². The van der Waals surface area contributed by atoms with E-state index >= 15 is 0 Å². The Labute approximate surface area is 125 Å². The van der Waals surface area contributed by atoms with Gasteiger partial charge in [-0.15, -0.1) is 0 Å². The van der Waals surface area contributed by atoms with Gasteiger partial charge in [0.15, 0.2) is 0 Å². The number of hydrogen-bond donors (Lipinski definition) is 2. The van der Waals surface area contributed by atoms with Gasteiger partial charge in [-0.25, -0.2) is 0 Å². The molecule has 0 spiro atoms. The Bertz CT molecular complexity index is 740. The Kier molecular flexibility index (Phi) is 4.10. The van der Waals surface area contributed by atoms with E-state index in [1.165, 1.54) is 0 Å². The van der Waals surface area contributed by atoms with Crippen LogP contribution in [0.1, 0.15) is 5.56 Å². The zero-order chi connectivity index (χ0) is 14.7. The lowest BCUT2D eigenvalue weighted by molar-refractivity contribution is 0.252. The van der Waals surface area contributed by atoms with Gasteiger partial charge < -0.3 is 10.3 Å². The summed E-state index contributed by atoms with van der Waals surface area (Å²) < 4.78 is 25.1. The highest BCUT2D eigenvalue weighted by Crippen LogP contribution is 2.32. The predicted octanol–water partition coefficient (Wildman–Crippen LogP) is 5.09. The summed E-state index contributed by atoms with van der Waals surface area (Å²) in [5.41, 5.74) is 2.92. The third-order valence-electron chi connectivity index (χ3n) is 3.25. The molecule has 1 aromatic heterocycles. The highest BCUT2D eigenvalue weighted by Gasteiger charge is 2.10. The molecule has 0 saturated carbocycles. The van der Waals surface area contributed by atoms with E-state index in [0.717, 1.165) is 22.2 Å². The van der Waals surface area contributed by atoms with Crippen LogP contribution in [0.25, 0.3) is 10.9 Å². The minimum atomic E-state index is -2.42. The first-order chi connectivity index (χ1) is 10.2. The molecule has 0 aliphatic rings.